The average molecular weight is 180 g/mol. The summed E-state index contributed by atoms with van der Waals surface area (Å²) in [6, 6.07) is 2.11. The molecule has 0 aromatic rings. The Kier molecular flexibility index (Phi) is 5.62. The molecule has 0 aromatic carbocycles. The zero-order valence-electron chi connectivity index (χ0n) is 8.45. The van der Waals surface area contributed by atoms with Crippen molar-refractivity contribution in [3.05, 3.63) is 12.2 Å². The molecular formula is C10H16N2O. The Morgan fingerprint density at radius 2 is 2.31 bits per heavy atom. The van der Waals surface area contributed by atoms with Gasteiger partial charge in [-0.05, 0) is 26.8 Å². The second-order valence-corrected chi connectivity index (χ2v) is 2.91. The molecule has 0 aliphatic heterocycles. The Labute approximate surface area is 79.6 Å². The first-order valence-electron chi connectivity index (χ1n) is 4.46. The molecule has 0 spiro atoms. The molecule has 0 aliphatic carbocycles. The molecule has 1 atom stereocenters. The van der Waals surface area contributed by atoms with Gasteiger partial charge in [0.15, 0.2) is 0 Å². The molecule has 0 bridgehead atoms. The van der Waals surface area contributed by atoms with Gasteiger partial charge in [-0.3, -0.25) is 4.79 Å². The number of rotatable bonds is 4. The normalized spacial score (nSPS) is 12.5. The molecule has 0 rings (SSSR count). The molecule has 0 radical (unpaired) electrons. The molecule has 72 valence electrons. The Morgan fingerprint density at radius 1 is 1.69 bits per heavy atom. The minimum atomic E-state index is -0.103. The lowest BCUT2D eigenvalue weighted by molar-refractivity contribution is -0.126. The molecule has 0 saturated heterocycles. The SMILES string of the molecule is CC=CC(=O)N(CC)CC(C)C#N. The number of allylic oxidation sites excluding steroid dienone is 1. The smallest absolute Gasteiger partial charge is 0.246 e. The van der Waals surface area contributed by atoms with Gasteiger partial charge in [-0.25, -0.2) is 0 Å². The number of amides is 1. The van der Waals surface area contributed by atoms with Gasteiger partial charge in [-0.1, -0.05) is 6.08 Å². The van der Waals surface area contributed by atoms with E-state index in [1.54, 1.807) is 17.9 Å². The summed E-state index contributed by atoms with van der Waals surface area (Å²) < 4.78 is 0. The second-order valence-electron chi connectivity index (χ2n) is 2.91. The van der Waals surface area contributed by atoms with E-state index in [0.717, 1.165) is 0 Å². The van der Waals surface area contributed by atoms with Crippen LogP contribution in [0.4, 0.5) is 0 Å². The van der Waals surface area contributed by atoms with Gasteiger partial charge in [0.2, 0.25) is 5.91 Å². The van der Waals surface area contributed by atoms with E-state index in [9.17, 15) is 4.79 Å². The maximum absolute atomic E-state index is 11.4. The van der Waals surface area contributed by atoms with E-state index in [4.69, 9.17) is 5.26 Å². The number of hydrogen-bond donors (Lipinski definition) is 0. The van der Waals surface area contributed by atoms with Crippen LogP contribution in [0.5, 0.6) is 0 Å². The summed E-state index contributed by atoms with van der Waals surface area (Å²) in [6.07, 6.45) is 3.23. The predicted octanol–water partition coefficient (Wildman–Crippen LogP) is 1.57. The Bertz CT molecular complexity index is 228. The number of carbonyl (C=O) groups is 1. The van der Waals surface area contributed by atoms with Crippen molar-refractivity contribution in [1.82, 2.24) is 4.90 Å². The molecule has 0 aromatic heterocycles. The lowest BCUT2D eigenvalue weighted by atomic mass is 10.2. The first-order valence-corrected chi connectivity index (χ1v) is 4.46. The van der Waals surface area contributed by atoms with E-state index >= 15 is 0 Å². The van der Waals surface area contributed by atoms with E-state index < -0.39 is 0 Å². The van der Waals surface area contributed by atoms with Crippen LogP contribution in [0.25, 0.3) is 0 Å². The Hall–Kier alpha value is -1.30. The fraction of sp³-hybridized carbons (Fsp3) is 0.600. The summed E-state index contributed by atoms with van der Waals surface area (Å²) in [5.74, 6) is -0.124. The van der Waals surface area contributed by atoms with Gasteiger partial charge in [0, 0.05) is 13.1 Å². The van der Waals surface area contributed by atoms with E-state index in [-0.39, 0.29) is 11.8 Å². The topological polar surface area (TPSA) is 44.1 Å². The Morgan fingerprint density at radius 3 is 2.69 bits per heavy atom. The molecule has 1 amide bonds. The molecule has 3 nitrogen and oxygen atoms in total. The highest BCUT2D eigenvalue weighted by atomic mass is 16.2. The highest BCUT2D eigenvalue weighted by molar-refractivity contribution is 5.87. The van der Waals surface area contributed by atoms with Crippen molar-refractivity contribution in [2.45, 2.75) is 20.8 Å². The van der Waals surface area contributed by atoms with Crippen LogP contribution in [0.2, 0.25) is 0 Å². The highest BCUT2D eigenvalue weighted by Gasteiger charge is 2.11. The summed E-state index contributed by atoms with van der Waals surface area (Å²) in [5, 5.41) is 8.58. The van der Waals surface area contributed by atoms with Crippen molar-refractivity contribution in [3.63, 3.8) is 0 Å². The molecule has 1 unspecified atom stereocenters. The first kappa shape index (κ1) is 11.7. The van der Waals surface area contributed by atoms with Crippen molar-refractivity contribution >= 4 is 5.91 Å². The summed E-state index contributed by atoms with van der Waals surface area (Å²) in [4.78, 5) is 13.0. The van der Waals surface area contributed by atoms with Gasteiger partial charge in [0.1, 0.15) is 0 Å². The van der Waals surface area contributed by atoms with Crippen LogP contribution in [0.15, 0.2) is 12.2 Å². The zero-order chi connectivity index (χ0) is 10.3. The summed E-state index contributed by atoms with van der Waals surface area (Å²) in [5.41, 5.74) is 0. The minimum absolute atomic E-state index is 0.0212. The third-order valence-corrected chi connectivity index (χ3v) is 1.72. The van der Waals surface area contributed by atoms with E-state index in [1.807, 2.05) is 13.8 Å². The van der Waals surface area contributed by atoms with Gasteiger partial charge in [-0.2, -0.15) is 5.26 Å². The van der Waals surface area contributed by atoms with Crippen LogP contribution in [0, 0.1) is 17.2 Å². The second kappa shape index (κ2) is 6.24. The molecule has 0 heterocycles. The number of carbonyl (C=O) groups excluding carboxylic acids is 1. The fourth-order valence-corrected chi connectivity index (χ4v) is 0.994. The molecule has 0 fully saturated rings. The first-order chi connectivity index (χ1) is 6.15. The van der Waals surface area contributed by atoms with Crippen LogP contribution < -0.4 is 0 Å². The molecular weight excluding hydrogens is 164 g/mol. The molecule has 0 N–H and O–H groups in total. The fourth-order valence-electron chi connectivity index (χ4n) is 0.994. The van der Waals surface area contributed by atoms with Crippen molar-refractivity contribution in [2.24, 2.45) is 5.92 Å². The number of hydrogen-bond acceptors (Lipinski definition) is 2. The molecule has 0 aliphatic rings. The Balaban J connectivity index is 4.19. The van der Waals surface area contributed by atoms with Gasteiger partial charge in [0.05, 0.1) is 12.0 Å². The molecule has 13 heavy (non-hydrogen) atoms. The van der Waals surface area contributed by atoms with Gasteiger partial charge >= 0.3 is 0 Å². The quantitative estimate of drug-likeness (QED) is 0.616. The third-order valence-electron chi connectivity index (χ3n) is 1.72. The number of nitriles is 1. The summed E-state index contributed by atoms with van der Waals surface area (Å²) >= 11 is 0. The maximum Gasteiger partial charge on any atom is 0.246 e. The minimum Gasteiger partial charge on any atom is -0.338 e. The zero-order valence-corrected chi connectivity index (χ0v) is 8.45. The van der Waals surface area contributed by atoms with Crippen molar-refractivity contribution in [1.29, 1.82) is 5.26 Å². The summed E-state index contributed by atoms with van der Waals surface area (Å²) in [6.45, 7) is 6.68. The van der Waals surface area contributed by atoms with Gasteiger partial charge in [-0.15, -0.1) is 0 Å². The highest BCUT2D eigenvalue weighted by Crippen LogP contribution is 1.99. The third kappa shape index (κ3) is 4.32. The number of likely N-dealkylation sites (N-methyl/N-ethyl adjacent to an activating group) is 1. The lowest BCUT2D eigenvalue weighted by Crippen LogP contribution is -2.32. The molecule has 0 saturated carbocycles. The largest absolute Gasteiger partial charge is 0.338 e. The monoisotopic (exact) mass is 180 g/mol. The van der Waals surface area contributed by atoms with Gasteiger partial charge in [0.25, 0.3) is 0 Å². The van der Waals surface area contributed by atoms with Crippen LogP contribution >= 0.6 is 0 Å². The van der Waals surface area contributed by atoms with Crippen LogP contribution in [0.1, 0.15) is 20.8 Å². The van der Waals surface area contributed by atoms with Crippen molar-refractivity contribution in [2.75, 3.05) is 13.1 Å². The maximum atomic E-state index is 11.4. The predicted molar refractivity (Wildman–Crippen MR) is 51.8 cm³/mol. The van der Waals surface area contributed by atoms with Crippen LogP contribution in [-0.2, 0) is 4.79 Å². The average Bonchev–Trinajstić information content (AvgIpc) is 2.14. The standard InChI is InChI=1S/C10H16N2O/c1-4-6-10(13)12(5-2)8-9(3)7-11/h4,6,9H,5,8H2,1-3H3. The summed E-state index contributed by atoms with van der Waals surface area (Å²) in [7, 11) is 0. The molecule has 3 heteroatoms. The number of nitrogens with zero attached hydrogens (tertiary/aromatic N) is 2. The van der Waals surface area contributed by atoms with E-state index in [0.29, 0.717) is 13.1 Å². The van der Waals surface area contributed by atoms with Crippen molar-refractivity contribution in [3.8, 4) is 6.07 Å². The van der Waals surface area contributed by atoms with E-state index in [2.05, 4.69) is 6.07 Å². The van der Waals surface area contributed by atoms with Crippen molar-refractivity contribution < 1.29 is 4.79 Å². The van der Waals surface area contributed by atoms with Crippen LogP contribution in [0.3, 0.4) is 0 Å². The van der Waals surface area contributed by atoms with E-state index in [1.165, 1.54) is 6.08 Å². The van der Waals surface area contributed by atoms with Gasteiger partial charge < -0.3 is 4.90 Å². The van der Waals surface area contributed by atoms with Crippen LogP contribution in [-0.4, -0.2) is 23.9 Å². The lowest BCUT2D eigenvalue weighted by Gasteiger charge is -2.19.